The second kappa shape index (κ2) is 8.34. The summed E-state index contributed by atoms with van der Waals surface area (Å²) in [6.45, 7) is 5.43. The molecular weight excluding hydrogens is 244 g/mol. The second-order valence-electron chi connectivity index (χ2n) is 4.41. The molecular formula is C14H22N2O3. The minimum Gasteiger partial charge on any atom is -0.493 e. The van der Waals surface area contributed by atoms with Crippen LogP contribution in [-0.4, -0.2) is 18.1 Å². The molecule has 0 aliphatic heterocycles. The fourth-order valence-electron chi connectivity index (χ4n) is 1.80. The lowest BCUT2D eigenvalue weighted by molar-refractivity contribution is -0.384. The van der Waals surface area contributed by atoms with E-state index in [1.54, 1.807) is 6.07 Å². The van der Waals surface area contributed by atoms with E-state index in [0.29, 0.717) is 12.4 Å². The Morgan fingerprint density at radius 3 is 2.63 bits per heavy atom. The monoisotopic (exact) mass is 266 g/mol. The van der Waals surface area contributed by atoms with Crippen molar-refractivity contribution in [3.8, 4) is 5.75 Å². The molecule has 1 rings (SSSR count). The van der Waals surface area contributed by atoms with E-state index in [2.05, 4.69) is 12.2 Å². The van der Waals surface area contributed by atoms with E-state index >= 15 is 0 Å². The number of non-ortho nitro benzene ring substituents is 1. The molecule has 1 aromatic rings. The van der Waals surface area contributed by atoms with E-state index in [4.69, 9.17) is 4.74 Å². The Morgan fingerprint density at radius 2 is 2.00 bits per heavy atom. The number of unbranched alkanes of at least 4 members (excludes halogenated alkanes) is 3. The SMILES string of the molecule is CCCCCCOc1cc(NCC)cc([N+](=O)[O-])c1. The maximum absolute atomic E-state index is 10.8. The molecule has 0 fully saturated rings. The van der Waals surface area contributed by atoms with E-state index in [-0.39, 0.29) is 5.69 Å². The van der Waals surface area contributed by atoms with Crippen molar-refractivity contribution < 1.29 is 9.66 Å². The fraction of sp³-hybridized carbons (Fsp3) is 0.571. The lowest BCUT2D eigenvalue weighted by Crippen LogP contribution is -2.01. The lowest BCUT2D eigenvalue weighted by atomic mass is 10.2. The van der Waals surface area contributed by atoms with Gasteiger partial charge in [-0.2, -0.15) is 0 Å². The largest absolute Gasteiger partial charge is 0.493 e. The molecule has 106 valence electrons. The highest BCUT2D eigenvalue weighted by Gasteiger charge is 2.10. The van der Waals surface area contributed by atoms with Crippen LogP contribution in [0.15, 0.2) is 18.2 Å². The molecule has 1 N–H and O–H groups in total. The molecule has 5 nitrogen and oxygen atoms in total. The van der Waals surface area contributed by atoms with Crippen molar-refractivity contribution in [2.45, 2.75) is 39.5 Å². The molecule has 0 bridgehead atoms. The van der Waals surface area contributed by atoms with E-state index < -0.39 is 4.92 Å². The van der Waals surface area contributed by atoms with Crippen LogP contribution in [-0.2, 0) is 0 Å². The minimum atomic E-state index is -0.398. The van der Waals surface area contributed by atoms with Gasteiger partial charge in [-0.15, -0.1) is 0 Å². The molecule has 0 spiro atoms. The average Bonchev–Trinajstić information content (AvgIpc) is 2.38. The number of ether oxygens (including phenoxy) is 1. The number of nitro benzene ring substituents is 1. The Balaban J connectivity index is 2.62. The molecule has 1 aromatic carbocycles. The Labute approximate surface area is 114 Å². The van der Waals surface area contributed by atoms with Crippen molar-refractivity contribution in [3.05, 3.63) is 28.3 Å². The van der Waals surface area contributed by atoms with Crippen LogP contribution < -0.4 is 10.1 Å². The van der Waals surface area contributed by atoms with E-state index in [1.165, 1.54) is 25.0 Å². The molecule has 0 aliphatic carbocycles. The zero-order valence-corrected chi connectivity index (χ0v) is 11.6. The molecule has 0 heterocycles. The molecule has 0 aliphatic rings. The standard InChI is InChI=1S/C14H22N2O3/c1-3-5-6-7-8-19-14-10-12(15-4-2)9-13(11-14)16(17)18/h9-11,15H,3-8H2,1-2H3. The second-order valence-corrected chi connectivity index (χ2v) is 4.41. The lowest BCUT2D eigenvalue weighted by Gasteiger charge is -2.09. The van der Waals surface area contributed by atoms with Crippen LogP contribution in [0, 0.1) is 10.1 Å². The molecule has 19 heavy (non-hydrogen) atoms. The van der Waals surface area contributed by atoms with Crippen LogP contribution in [0.5, 0.6) is 5.75 Å². The molecule has 0 amide bonds. The highest BCUT2D eigenvalue weighted by atomic mass is 16.6. The van der Waals surface area contributed by atoms with Gasteiger partial charge in [0.2, 0.25) is 0 Å². The van der Waals surface area contributed by atoms with Gasteiger partial charge >= 0.3 is 0 Å². The van der Waals surface area contributed by atoms with Gasteiger partial charge in [-0.25, -0.2) is 0 Å². The van der Waals surface area contributed by atoms with Crippen LogP contribution >= 0.6 is 0 Å². The van der Waals surface area contributed by atoms with Crippen LogP contribution in [0.3, 0.4) is 0 Å². The summed E-state index contributed by atoms with van der Waals surface area (Å²) in [6.07, 6.45) is 4.49. The van der Waals surface area contributed by atoms with Crippen molar-refractivity contribution >= 4 is 11.4 Å². The van der Waals surface area contributed by atoms with Gasteiger partial charge in [0.25, 0.3) is 5.69 Å². The van der Waals surface area contributed by atoms with E-state index in [1.807, 2.05) is 6.92 Å². The minimum absolute atomic E-state index is 0.0574. The van der Waals surface area contributed by atoms with Gasteiger partial charge < -0.3 is 10.1 Å². The summed E-state index contributed by atoms with van der Waals surface area (Å²) in [5.41, 5.74) is 0.780. The number of hydrogen-bond acceptors (Lipinski definition) is 4. The van der Waals surface area contributed by atoms with E-state index in [9.17, 15) is 10.1 Å². The first kappa shape index (κ1) is 15.3. The maximum atomic E-state index is 10.8. The topological polar surface area (TPSA) is 64.4 Å². The first-order chi connectivity index (χ1) is 9.17. The summed E-state index contributed by atoms with van der Waals surface area (Å²) in [6, 6.07) is 4.80. The van der Waals surface area contributed by atoms with Crippen LogP contribution in [0.1, 0.15) is 39.5 Å². The fourth-order valence-corrected chi connectivity index (χ4v) is 1.80. The average molecular weight is 266 g/mol. The third kappa shape index (κ3) is 5.59. The van der Waals surface area contributed by atoms with Crippen LogP contribution in [0.4, 0.5) is 11.4 Å². The maximum Gasteiger partial charge on any atom is 0.275 e. The number of nitro groups is 1. The Morgan fingerprint density at radius 1 is 1.21 bits per heavy atom. The number of nitrogens with one attached hydrogen (secondary N) is 1. The molecule has 0 aromatic heterocycles. The Bertz CT molecular complexity index is 408. The third-order valence-corrected chi connectivity index (χ3v) is 2.75. The van der Waals surface area contributed by atoms with Crippen molar-refractivity contribution in [3.63, 3.8) is 0 Å². The molecule has 0 saturated carbocycles. The molecule has 0 unspecified atom stereocenters. The first-order valence-corrected chi connectivity index (χ1v) is 6.83. The summed E-state index contributed by atoms with van der Waals surface area (Å²) < 4.78 is 5.59. The van der Waals surface area contributed by atoms with Gasteiger partial charge in [0.05, 0.1) is 17.6 Å². The zero-order chi connectivity index (χ0) is 14.1. The van der Waals surface area contributed by atoms with Gasteiger partial charge in [0.1, 0.15) is 5.75 Å². The predicted octanol–water partition coefficient (Wildman–Crippen LogP) is 3.99. The Kier molecular flexibility index (Phi) is 6.71. The van der Waals surface area contributed by atoms with Gasteiger partial charge in [-0.3, -0.25) is 10.1 Å². The number of rotatable bonds is 9. The van der Waals surface area contributed by atoms with Crippen molar-refractivity contribution in [2.75, 3.05) is 18.5 Å². The predicted molar refractivity (Wildman–Crippen MR) is 76.9 cm³/mol. The van der Waals surface area contributed by atoms with Crippen molar-refractivity contribution in [2.24, 2.45) is 0 Å². The van der Waals surface area contributed by atoms with Gasteiger partial charge in [0, 0.05) is 24.4 Å². The zero-order valence-electron chi connectivity index (χ0n) is 11.6. The van der Waals surface area contributed by atoms with Gasteiger partial charge in [0.15, 0.2) is 0 Å². The third-order valence-electron chi connectivity index (χ3n) is 2.75. The summed E-state index contributed by atoms with van der Waals surface area (Å²) in [5, 5.41) is 13.9. The number of benzene rings is 1. The van der Waals surface area contributed by atoms with Gasteiger partial charge in [-0.05, 0) is 13.3 Å². The number of anilines is 1. The summed E-state index contributed by atoms with van der Waals surface area (Å²) in [5.74, 6) is 0.557. The van der Waals surface area contributed by atoms with Crippen LogP contribution in [0.2, 0.25) is 0 Å². The summed E-state index contributed by atoms with van der Waals surface area (Å²) >= 11 is 0. The van der Waals surface area contributed by atoms with Crippen molar-refractivity contribution in [1.82, 2.24) is 0 Å². The summed E-state index contributed by atoms with van der Waals surface area (Å²) in [7, 11) is 0. The van der Waals surface area contributed by atoms with Crippen molar-refractivity contribution in [1.29, 1.82) is 0 Å². The number of nitrogens with zero attached hydrogens (tertiary/aromatic N) is 1. The molecule has 0 saturated heterocycles. The first-order valence-electron chi connectivity index (χ1n) is 6.83. The molecule has 0 atom stereocenters. The van der Waals surface area contributed by atoms with Gasteiger partial charge in [-0.1, -0.05) is 26.2 Å². The highest BCUT2D eigenvalue weighted by molar-refractivity contribution is 5.56. The highest BCUT2D eigenvalue weighted by Crippen LogP contribution is 2.26. The molecule has 5 heteroatoms. The molecule has 0 radical (unpaired) electrons. The number of hydrogen-bond donors (Lipinski definition) is 1. The van der Waals surface area contributed by atoms with Crippen LogP contribution in [0.25, 0.3) is 0 Å². The van der Waals surface area contributed by atoms with E-state index in [0.717, 1.165) is 25.1 Å². The summed E-state index contributed by atoms with van der Waals surface area (Å²) in [4.78, 5) is 10.4. The quantitative estimate of drug-likeness (QED) is 0.417. The normalized spacial score (nSPS) is 10.2. The Hall–Kier alpha value is -1.78. The smallest absolute Gasteiger partial charge is 0.275 e.